The molecule has 0 aromatic carbocycles. The lowest BCUT2D eigenvalue weighted by atomic mass is 10.3. The summed E-state index contributed by atoms with van der Waals surface area (Å²) in [4.78, 5) is 25.4. The van der Waals surface area contributed by atoms with Gasteiger partial charge in [-0.15, -0.1) is 23.7 Å². The number of halogens is 1. The molecule has 0 atom stereocenters. The second-order valence-corrected chi connectivity index (χ2v) is 5.22. The zero-order valence-corrected chi connectivity index (χ0v) is 13.6. The average Bonchev–Trinajstić information content (AvgIpc) is 2.86. The molecule has 0 radical (unpaired) electrons. The molecule has 0 spiro atoms. The van der Waals surface area contributed by atoms with Gasteiger partial charge in [0.1, 0.15) is 4.88 Å². The number of amides is 1. The third-order valence-corrected chi connectivity index (χ3v) is 3.80. The lowest BCUT2D eigenvalue weighted by Gasteiger charge is -2.03. The third-order valence-electron chi connectivity index (χ3n) is 2.65. The van der Waals surface area contributed by atoms with Gasteiger partial charge >= 0.3 is 0 Å². The minimum absolute atomic E-state index is 0. The number of thiazole rings is 1. The van der Waals surface area contributed by atoms with Crippen LogP contribution in [0.2, 0.25) is 0 Å². The molecule has 2 aromatic rings. The van der Waals surface area contributed by atoms with Crippen molar-refractivity contribution in [2.24, 2.45) is 0 Å². The standard InChI is InChI=1S/C13H17N5OS.ClH/c1-9-10(12(19)17-8-3-5-14-2)20-13(18-9)11-15-6-4-7-16-11;/h4,6-7,14H,3,5,8H2,1-2H3,(H,17,19);1H. The van der Waals surface area contributed by atoms with E-state index in [1.807, 2.05) is 14.0 Å². The van der Waals surface area contributed by atoms with Crippen molar-refractivity contribution in [2.45, 2.75) is 13.3 Å². The maximum atomic E-state index is 12.1. The molecule has 8 heteroatoms. The number of hydrogen-bond acceptors (Lipinski definition) is 6. The van der Waals surface area contributed by atoms with Gasteiger partial charge in [0.15, 0.2) is 10.8 Å². The number of rotatable bonds is 6. The molecule has 2 N–H and O–H groups in total. The summed E-state index contributed by atoms with van der Waals surface area (Å²) in [5, 5.41) is 6.60. The molecule has 0 aliphatic carbocycles. The van der Waals surface area contributed by atoms with E-state index in [0.717, 1.165) is 13.0 Å². The Labute approximate surface area is 133 Å². The van der Waals surface area contributed by atoms with Crippen LogP contribution in [-0.2, 0) is 0 Å². The summed E-state index contributed by atoms with van der Waals surface area (Å²) in [5.74, 6) is 0.466. The van der Waals surface area contributed by atoms with E-state index in [9.17, 15) is 4.79 Å². The van der Waals surface area contributed by atoms with Gasteiger partial charge in [0.05, 0.1) is 5.69 Å². The number of aromatic nitrogens is 3. The van der Waals surface area contributed by atoms with E-state index >= 15 is 0 Å². The first-order valence-corrected chi connectivity index (χ1v) is 7.21. The quantitative estimate of drug-likeness (QED) is 0.789. The van der Waals surface area contributed by atoms with E-state index in [-0.39, 0.29) is 18.3 Å². The van der Waals surface area contributed by atoms with Gasteiger partial charge in [-0.1, -0.05) is 0 Å². The van der Waals surface area contributed by atoms with Crippen LogP contribution < -0.4 is 10.6 Å². The minimum atomic E-state index is -0.0849. The van der Waals surface area contributed by atoms with Gasteiger partial charge in [-0.25, -0.2) is 15.0 Å². The molecule has 1 amide bonds. The summed E-state index contributed by atoms with van der Waals surface area (Å²) in [6, 6.07) is 1.75. The molecular weight excluding hydrogens is 310 g/mol. The number of hydrogen-bond donors (Lipinski definition) is 2. The average molecular weight is 328 g/mol. The summed E-state index contributed by atoms with van der Waals surface area (Å²) >= 11 is 1.32. The highest BCUT2D eigenvalue weighted by molar-refractivity contribution is 7.17. The third kappa shape index (κ3) is 4.73. The smallest absolute Gasteiger partial charge is 0.263 e. The summed E-state index contributed by atoms with van der Waals surface area (Å²) in [6.45, 7) is 3.35. The van der Waals surface area contributed by atoms with Gasteiger partial charge in [0, 0.05) is 18.9 Å². The monoisotopic (exact) mass is 327 g/mol. The fourth-order valence-corrected chi connectivity index (χ4v) is 2.59. The Morgan fingerprint density at radius 3 is 2.67 bits per heavy atom. The second-order valence-electron chi connectivity index (χ2n) is 4.22. The van der Waals surface area contributed by atoms with Crippen molar-refractivity contribution in [1.82, 2.24) is 25.6 Å². The van der Waals surface area contributed by atoms with E-state index in [0.29, 0.717) is 27.9 Å². The Hall–Kier alpha value is -1.57. The van der Waals surface area contributed by atoms with Crippen molar-refractivity contribution in [3.8, 4) is 10.8 Å². The van der Waals surface area contributed by atoms with E-state index in [2.05, 4.69) is 25.6 Å². The second kappa shape index (κ2) is 8.66. The Bertz CT molecular complexity index is 575. The molecule has 114 valence electrons. The molecule has 0 aliphatic rings. The highest BCUT2D eigenvalue weighted by Crippen LogP contribution is 2.24. The van der Waals surface area contributed by atoms with E-state index in [1.165, 1.54) is 11.3 Å². The van der Waals surface area contributed by atoms with Gasteiger partial charge in [0.2, 0.25) is 0 Å². The number of aryl methyl sites for hydroxylation is 1. The highest BCUT2D eigenvalue weighted by atomic mass is 35.5. The molecule has 0 bridgehead atoms. The van der Waals surface area contributed by atoms with E-state index in [4.69, 9.17) is 0 Å². The lowest BCUT2D eigenvalue weighted by Crippen LogP contribution is -2.26. The van der Waals surface area contributed by atoms with Crippen LogP contribution in [0.1, 0.15) is 21.8 Å². The van der Waals surface area contributed by atoms with Crippen molar-refractivity contribution < 1.29 is 4.79 Å². The number of nitrogens with one attached hydrogen (secondary N) is 2. The van der Waals surface area contributed by atoms with E-state index in [1.54, 1.807) is 18.5 Å². The Kier molecular flexibility index (Phi) is 7.21. The number of carbonyl (C=O) groups is 1. The Morgan fingerprint density at radius 2 is 2.00 bits per heavy atom. The summed E-state index contributed by atoms with van der Waals surface area (Å²) in [7, 11) is 1.89. The molecular formula is C13H18ClN5OS. The van der Waals surface area contributed by atoms with Crippen LogP contribution in [0.4, 0.5) is 0 Å². The highest BCUT2D eigenvalue weighted by Gasteiger charge is 2.16. The minimum Gasteiger partial charge on any atom is -0.351 e. The predicted octanol–water partition coefficient (Wildman–Crippen LogP) is 1.67. The van der Waals surface area contributed by atoms with Crippen molar-refractivity contribution >= 4 is 29.7 Å². The fraction of sp³-hybridized carbons (Fsp3) is 0.385. The van der Waals surface area contributed by atoms with Crippen LogP contribution in [0, 0.1) is 6.92 Å². The van der Waals surface area contributed by atoms with Crippen molar-refractivity contribution in [3.63, 3.8) is 0 Å². The first-order valence-electron chi connectivity index (χ1n) is 6.40. The molecule has 2 rings (SSSR count). The zero-order chi connectivity index (χ0) is 14.4. The van der Waals surface area contributed by atoms with Crippen LogP contribution in [0.25, 0.3) is 10.8 Å². The van der Waals surface area contributed by atoms with Crippen LogP contribution in [0.15, 0.2) is 18.5 Å². The van der Waals surface area contributed by atoms with Crippen LogP contribution >= 0.6 is 23.7 Å². The number of nitrogens with zero attached hydrogens (tertiary/aromatic N) is 3. The SMILES string of the molecule is CNCCCNC(=O)c1sc(-c2ncccn2)nc1C.Cl. The Balaban J connectivity index is 0.00000220. The van der Waals surface area contributed by atoms with Crippen LogP contribution in [-0.4, -0.2) is 41.0 Å². The van der Waals surface area contributed by atoms with Gasteiger partial charge in [-0.05, 0) is 33.0 Å². The first-order chi connectivity index (χ1) is 9.72. The maximum Gasteiger partial charge on any atom is 0.263 e. The zero-order valence-electron chi connectivity index (χ0n) is 11.9. The summed E-state index contributed by atoms with van der Waals surface area (Å²) in [5.41, 5.74) is 0.712. The van der Waals surface area contributed by atoms with Crippen molar-refractivity contribution in [3.05, 3.63) is 29.0 Å². The molecule has 2 aromatic heterocycles. The Morgan fingerprint density at radius 1 is 1.29 bits per heavy atom. The predicted molar refractivity (Wildman–Crippen MR) is 86.0 cm³/mol. The molecule has 6 nitrogen and oxygen atoms in total. The molecule has 0 fully saturated rings. The topological polar surface area (TPSA) is 79.8 Å². The molecule has 2 heterocycles. The van der Waals surface area contributed by atoms with Crippen LogP contribution in [0.3, 0.4) is 0 Å². The molecule has 0 saturated carbocycles. The molecule has 0 saturated heterocycles. The number of carbonyl (C=O) groups excluding carboxylic acids is 1. The normalized spacial score (nSPS) is 10.0. The van der Waals surface area contributed by atoms with Crippen molar-refractivity contribution in [2.75, 3.05) is 20.1 Å². The molecule has 0 unspecified atom stereocenters. The largest absolute Gasteiger partial charge is 0.351 e. The van der Waals surface area contributed by atoms with Gasteiger partial charge in [0.25, 0.3) is 5.91 Å². The van der Waals surface area contributed by atoms with Gasteiger partial charge in [-0.3, -0.25) is 4.79 Å². The molecule has 21 heavy (non-hydrogen) atoms. The lowest BCUT2D eigenvalue weighted by molar-refractivity contribution is 0.0956. The summed E-state index contributed by atoms with van der Waals surface area (Å²) in [6.07, 6.45) is 4.22. The van der Waals surface area contributed by atoms with Gasteiger partial charge < -0.3 is 10.6 Å². The fourth-order valence-electron chi connectivity index (χ4n) is 1.66. The maximum absolute atomic E-state index is 12.1. The molecule has 0 aliphatic heterocycles. The van der Waals surface area contributed by atoms with Crippen LogP contribution in [0.5, 0.6) is 0 Å². The van der Waals surface area contributed by atoms with E-state index < -0.39 is 0 Å². The summed E-state index contributed by atoms with van der Waals surface area (Å²) < 4.78 is 0. The van der Waals surface area contributed by atoms with Gasteiger partial charge in [-0.2, -0.15) is 0 Å². The first kappa shape index (κ1) is 17.5. The van der Waals surface area contributed by atoms with Crippen molar-refractivity contribution in [1.29, 1.82) is 0 Å².